The molecule has 1 aliphatic heterocycles. The van der Waals surface area contributed by atoms with Gasteiger partial charge in [-0.3, -0.25) is 9.30 Å². The fourth-order valence-corrected chi connectivity index (χ4v) is 4.47. The van der Waals surface area contributed by atoms with E-state index >= 15 is 0 Å². The fraction of sp³-hybridized carbons (Fsp3) is 0.348. The number of aliphatic hydroxyl groups is 2. The van der Waals surface area contributed by atoms with Gasteiger partial charge in [0.1, 0.15) is 23.2 Å². The predicted molar refractivity (Wildman–Crippen MR) is 130 cm³/mol. The van der Waals surface area contributed by atoms with Gasteiger partial charge in [0.2, 0.25) is 0 Å². The molecular formula is C23H26ClN7O2. The van der Waals surface area contributed by atoms with Crippen molar-refractivity contribution in [3.63, 3.8) is 0 Å². The lowest BCUT2D eigenvalue weighted by Crippen LogP contribution is -2.49. The van der Waals surface area contributed by atoms with Gasteiger partial charge in [-0.2, -0.15) is 0 Å². The van der Waals surface area contributed by atoms with Crippen LogP contribution in [0, 0.1) is 6.92 Å². The van der Waals surface area contributed by atoms with E-state index in [1.807, 2.05) is 41.7 Å². The predicted octanol–water partition coefficient (Wildman–Crippen LogP) is 2.46. The smallest absolute Gasteiger partial charge is 0.166 e. The average Bonchev–Trinajstić information content (AvgIpc) is 3.32. The van der Waals surface area contributed by atoms with Crippen LogP contribution >= 0.6 is 11.6 Å². The Morgan fingerprint density at radius 1 is 1.12 bits per heavy atom. The Morgan fingerprint density at radius 3 is 2.70 bits per heavy atom. The summed E-state index contributed by atoms with van der Waals surface area (Å²) in [5, 5.41) is 22.8. The first-order chi connectivity index (χ1) is 16.0. The summed E-state index contributed by atoms with van der Waals surface area (Å²) in [6.07, 6.45) is 2.81. The van der Waals surface area contributed by atoms with Gasteiger partial charge in [-0.1, -0.05) is 23.7 Å². The van der Waals surface area contributed by atoms with Crippen LogP contribution in [-0.2, 0) is 0 Å². The maximum atomic E-state index is 9.69. The van der Waals surface area contributed by atoms with Gasteiger partial charge in [0.05, 0.1) is 29.6 Å². The zero-order valence-electron chi connectivity index (χ0n) is 18.3. The third-order valence-electron chi connectivity index (χ3n) is 6.02. The number of nitrogens with zero attached hydrogens (tertiary/aromatic N) is 6. The number of aromatic nitrogens is 4. The standard InChI is InChI=1S/C23H26ClN7O2/c1-15-3-2-4-17(24)21(15)28-22-19-11-25-14-31(19)23-18(26-22)5-6-20(27-23)30-9-7-29(8-10-30)12-16(33)13-32/h2-6,11,14,16,32-33H,7-10,12-13H2,1H3,(H,26,28). The van der Waals surface area contributed by atoms with Crippen LogP contribution in [0.5, 0.6) is 0 Å². The van der Waals surface area contributed by atoms with E-state index in [1.54, 1.807) is 12.5 Å². The highest BCUT2D eigenvalue weighted by Gasteiger charge is 2.21. The van der Waals surface area contributed by atoms with E-state index in [2.05, 4.69) is 20.1 Å². The number of imidazole rings is 1. The highest BCUT2D eigenvalue weighted by Crippen LogP contribution is 2.31. The number of halogens is 1. The topological polar surface area (TPSA) is 102 Å². The number of β-amino-alcohol motifs (C(OH)–C–C–N with tert-alkyl or cyclic N) is 1. The molecule has 0 aliphatic carbocycles. The molecule has 9 nitrogen and oxygen atoms in total. The average molecular weight is 468 g/mol. The number of piperazine rings is 1. The van der Waals surface area contributed by atoms with Crippen molar-refractivity contribution in [2.75, 3.05) is 49.5 Å². The van der Waals surface area contributed by atoms with Crippen molar-refractivity contribution in [2.45, 2.75) is 13.0 Å². The third-order valence-corrected chi connectivity index (χ3v) is 6.34. The summed E-state index contributed by atoms with van der Waals surface area (Å²) in [5.74, 6) is 1.55. The molecule has 0 saturated carbocycles. The number of aliphatic hydroxyl groups excluding tert-OH is 2. The van der Waals surface area contributed by atoms with Gasteiger partial charge >= 0.3 is 0 Å². The number of pyridine rings is 1. The van der Waals surface area contributed by atoms with Crippen LogP contribution in [0.2, 0.25) is 5.02 Å². The molecule has 4 heterocycles. The number of rotatable bonds is 6. The second-order valence-corrected chi connectivity index (χ2v) is 8.71. The molecule has 0 bridgehead atoms. The van der Waals surface area contributed by atoms with E-state index in [-0.39, 0.29) is 6.61 Å². The number of hydrogen-bond donors (Lipinski definition) is 3. The highest BCUT2D eigenvalue weighted by atomic mass is 35.5. The van der Waals surface area contributed by atoms with Crippen LogP contribution < -0.4 is 10.2 Å². The summed E-state index contributed by atoms with van der Waals surface area (Å²) in [7, 11) is 0. The number of fused-ring (bicyclic) bond motifs is 3. The Labute approximate surface area is 196 Å². The Kier molecular flexibility index (Phi) is 6.03. The normalized spacial score (nSPS) is 15.9. The molecule has 1 atom stereocenters. The molecule has 1 fully saturated rings. The summed E-state index contributed by atoms with van der Waals surface area (Å²) in [6.45, 7) is 5.46. The van der Waals surface area contributed by atoms with Gasteiger partial charge in [0.15, 0.2) is 11.5 Å². The van der Waals surface area contributed by atoms with E-state index in [0.29, 0.717) is 17.4 Å². The van der Waals surface area contributed by atoms with Crippen LogP contribution in [0.15, 0.2) is 42.9 Å². The van der Waals surface area contributed by atoms with E-state index in [1.165, 1.54) is 0 Å². The van der Waals surface area contributed by atoms with Crippen molar-refractivity contribution < 1.29 is 10.2 Å². The summed E-state index contributed by atoms with van der Waals surface area (Å²) < 4.78 is 1.94. The maximum absolute atomic E-state index is 9.69. The molecule has 33 heavy (non-hydrogen) atoms. The maximum Gasteiger partial charge on any atom is 0.166 e. The van der Waals surface area contributed by atoms with Crippen LogP contribution in [0.25, 0.3) is 16.7 Å². The Morgan fingerprint density at radius 2 is 1.94 bits per heavy atom. The first kappa shape index (κ1) is 21.8. The number of para-hydroxylation sites is 1. The molecule has 0 amide bonds. The Bertz CT molecular complexity index is 1270. The van der Waals surface area contributed by atoms with Gasteiger partial charge in [-0.25, -0.2) is 15.0 Å². The second kappa shape index (κ2) is 9.11. The lowest BCUT2D eigenvalue weighted by molar-refractivity contribution is 0.0574. The first-order valence-electron chi connectivity index (χ1n) is 10.9. The first-order valence-corrected chi connectivity index (χ1v) is 11.3. The van der Waals surface area contributed by atoms with E-state index in [0.717, 1.165) is 59.9 Å². The Hall–Kier alpha value is -2.98. The Balaban J connectivity index is 1.44. The zero-order chi connectivity index (χ0) is 22.9. The van der Waals surface area contributed by atoms with Crippen LogP contribution in [0.3, 0.4) is 0 Å². The van der Waals surface area contributed by atoms with Crippen molar-refractivity contribution in [3.8, 4) is 0 Å². The minimum Gasteiger partial charge on any atom is -0.394 e. The number of anilines is 3. The molecule has 0 radical (unpaired) electrons. The quantitative estimate of drug-likeness (QED) is 0.397. The molecule has 10 heteroatoms. The largest absolute Gasteiger partial charge is 0.394 e. The van der Waals surface area contributed by atoms with Gasteiger partial charge in [0.25, 0.3) is 0 Å². The minimum absolute atomic E-state index is 0.215. The number of benzene rings is 1. The summed E-state index contributed by atoms with van der Waals surface area (Å²) in [5.41, 5.74) is 4.15. The lowest BCUT2D eigenvalue weighted by atomic mass is 10.2. The van der Waals surface area contributed by atoms with Crippen LogP contribution in [0.4, 0.5) is 17.3 Å². The van der Waals surface area contributed by atoms with E-state index in [9.17, 15) is 5.11 Å². The zero-order valence-corrected chi connectivity index (χ0v) is 19.1. The summed E-state index contributed by atoms with van der Waals surface area (Å²) >= 11 is 6.42. The molecule has 1 saturated heterocycles. The molecule has 1 aromatic carbocycles. The van der Waals surface area contributed by atoms with Crippen molar-refractivity contribution in [1.82, 2.24) is 24.3 Å². The van der Waals surface area contributed by atoms with Crippen molar-refractivity contribution >= 4 is 45.6 Å². The molecule has 1 unspecified atom stereocenters. The SMILES string of the molecule is Cc1cccc(Cl)c1Nc1nc2ccc(N3CCN(CC(O)CO)CC3)nc2n2cncc12. The number of aryl methyl sites for hydroxylation is 1. The number of nitrogens with one attached hydrogen (secondary N) is 1. The summed E-state index contributed by atoms with van der Waals surface area (Å²) in [6, 6.07) is 9.74. The lowest BCUT2D eigenvalue weighted by Gasteiger charge is -2.36. The van der Waals surface area contributed by atoms with Gasteiger partial charge in [-0.05, 0) is 30.7 Å². The molecule has 1 aliphatic rings. The van der Waals surface area contributed by atoms with Crippen LogP contribution in [-0.4, -0.2) is 79.9 Å². The molecule has 172 valence electrons. The molecular weight excluding hydrogens is 442 g/mol. The molecule has 3 aromatic heterocycles. The highest BCUT2D eigenvalue weighted by molar-refractivity contribution is 6.33. The number of hydrogen-bond acceptors (Lipinski definition) is 8. The van der Waals surface area contributed by atoms with Crippen molar-refractivity contribution in [3.05, 3.63) is 53.4 Å². The third kappa shape index (κ3) is 4.32. The molecule has 0 spiro atoms. The van der Waals surface area contributed by atoms with Crippen molar-refractivity contribution in [2.24, 2.45) is 0 Å². The molecule has 4 aromatic rings. The van der Waals surface area contributed by atoms with Gasteiger partial charge in [-0.15, -0.1) is 0 Å². The van der Waals surface area contributed by atoms with Gasteiger partial charge < -0.3 is 20.4 Å². The van der Waals surface area contributed by atoms with E-state index < -0.39 is 6.10 Å². The minimum atomic E-state index is -0.701. The van der Waals surface area contributed by atoms with Crippen LogP contribution in [0.1, 0.15) is 5.56 Å². The van der Waals surface area contributed by atoms with E-state index in [4.69, 9.17) is 26.7 Å². The fourth-order valence-electron chi connectivity index (χ4n) is 4.20. The van der Waals surface area contributed by atoms with Crippen molar-refractivity contribution in [1.29, 1.82) is 0 Å². The summed E-state index contributed by atoms with van der Waals surface area (Å²) in [4.78, 5) is 18.4. The molecule has 3 N–H and O–H groups in total. The van der Waals surface area contributed by atoms with Gasteiger partial charge in [0, 0.05) is 32.7 Å². The second-order valence-electron chi connectivity index (χ2n) is 8.30. The molecule has 5 rings (SSSR count). The monoisotopic (exact) mass is 467 g/mol.